The van der Waals surface area contributed by atoms with Gasteiger partial charge in [0, 0.05) is 6.42 Å². The van der Waals surface area contributed by atoms with Crippen molar-refractivity contribution in [2.75, 3.05) is 0 Å². The van der Waals surface area contributed by atoms with Gasteiger partial charge in [-0.1, -0.05) is 0 Å². The molecule has 0 radical (unpaired) electrons. The molecule has 50 valence electrons. The maximum Gasteiger partial charge on any atom is 0.0657 e. The Hall–Kier alpha value is -0.480. The molecule has 0 aliphatic heterocycles. The van der Waals surface area contributed by atoms with E-state index in [9.17, 15) is 5.11 Å². The standard InChI is InChI=1S/C8H12O/c1-2-3-5-8(9)6-4-7-8/h1,9H,3-7H2. The van der Waals surface area contributed by atoms with Crippen LogP contribution in [0, 0.1) is 12.3 Å². The summed E-state index contributed by atoms with van der Waals surface area (Å²) in [5, 5.41) is 9.45. The summed E-state index contributed by atoms with van der Waals surface area (Å²) in [6, 6.07) is 0. The molecule has 0 saturated heterocycles. The van der Waals surface area contributed by atoms with Crippen molar-refractivity contribution in [1.82, 2.24) is 0 Å². The Morgan fingerprint density at radius 2 is 2.22 bits per heavy atom. The molecule has 0 bridgehead atoms. The van der Waals surface area contributed by atoms with Crippen molar-refractivity contribution in [3.63, 3.8) is 0 Å². The van der Waals surface area contributed by atoms with E-state index in [2.05, 4.69) is 5.92 Å². The Labute approximate surface area is 56.1 Å². The van der Waals surface area contributed by atoms with E-state index in [1.165, 1.54) is 6.42 Å². The topological polar surface area (TPSA) is 20.2 Å². The van der Waals surface area contributed by atoms with Crippen molar-refractivity contribution in [2.45, 2.75) is 37.7 Å². The molecule has 1 aliphatic rings. The van der Waals surface area contributed by atoms with Crippen LogP contribution in [0.2, 0.25) is 0 Å². The minimum atomic E-state index is -0.369. The number of rotatable bonds is 2. The van der Waals surface area contributed by atoms with Crippen LogP contribution in [-0.2, 0) is 0 Å². The van der Waals surface area contributed by atoms with Crippen LogP contribution in [0.4, 0.5) is 0 Å². The first kappa shape index (κ1) is 6.64. The SMILES string of the molecule is C#CCCC1(O)CCC1. The second-order valence-corrected chi connectivity index (χ2v) is 2.78. The molecule has 1 N–H and O–H groups in total. The summed E-state index contributed by atoms with van der Waals surface area (Å²) >= 11 is 0. The van der Waals surface area contributed by atoms with Gasteiger partial charge in [0.25, 0.3) is 0 Å². The molecular formula is C8H12O. The van der Waals surface area contributed by atoms with Gasteiger partial charge in [0.05, 0.1) is 5.60 Å². The van der Waals surface area contributed by atoms with Crippen molar-refractivity contribution in [3.05, 3.63) is 0 Å². The summed E-state index contributed by atoms with van der Waals surface area (Å²) in [6.07, 6.45) is 9.64. The quantitative estimate of drug-likeness (QED) is 0.550. The molecule has 1 rings (SSSR count). The molecule has 1 aliphatic carbocycles. The third kappa shape index (κ3) is 1.46. The molecule has 1 fully saturated rings. The van der Waals surface area contributed by atoms with Gasteiger partial charge in [-0.25, -0.2) is 0 Å². The van der Waals surface area contributed by atoms with Gasteiger partial charge in [0.2, 0.25) is 0 Å². The fourth-order valence-electron chi connectivity index (χ4n) is 1.14. The molecule has 0 amide bonds. The molecule has 0 aromatic carbocycles. The lowest BCUT2D eigenvalue weighted by Crippen LogP contribution is -2.36. The Balaban J connectivity index is 2.19. The van der Waals surface area contributed by atoms with E-state index in [1.54, 1.807) is 0 Å². The Morgan fingerprint density at radius 1 is 1.56 bits per heavy atom. The zero-order chi connectivity index (χ0) is 6.74. The highest BCUT2D eigenvalue weighted by Gasteiger charge is 2.32. The zero-order valence-corrected chi connectivity index (χ0v) is 5.56. The first-order valence-electron chi connectivity index (χ1n) is 3.43. The van der Waals surface area contributed by atoms with E-state index in [0.717, 1.165) is 25.7 Å². The first-order chi connectivity index (χ1) is 4.27. The summed E-state index contributed by atoms with van der Waals surface area (Å²) in [7, 11) is 0. The van der Waals surface area contributed by atoms with E-state index < -0.39 is 0 Å². The molecule has 0 unspecified atom stereocenters. The molecule has 1 saturated carbocycles. The molecule has 1 nitrogen and oxygen atoms in total. The Kier molecular flexibility index (Phi) is 1.78. The molecule has 0 spiro atoms. The number of terminal acetylenes is 1. The highest BCUT2D eigenvalue weighted by atomic mass is 16.3. The van der Waals surface area contributed by atoms with Crippen LogP contribution in [0.25, 0.3) is 0 Å². The van der Waals surface area contributed by atoms with Gasteiger partial charge >= 0.3 is 0 Å². The summed E-state index contributed by atoms with van der Waals surface area (Å²) in [5.41, 5.74) is -0.369. The molecule has 0 aromatic rings. The molecule has 0 heterocycles. The predicted octanol–water partition coefficient (Wildman–Crippen LogP) is 1.31. The average Bonchev–Trinajstić information content (AvgIpc) is 1.79. The average molecular weight is 124 g/mol. The van der Waals surface area contributed by atoms with Crippen LogP contribution in [-0.4, -0.2) is 10.7 Å². The van der Waals surface area contributed by atoms with Crippen LogP contribution in [0.1, 0.15) is 32.1 Å². The van der Waals surface area contributed by atoms with Crippen LogP contribution >= 0.6 is 0 Å². The normalized spacial score (nSPS) is 22.2. The van der Waals surface area contributed by atoms with Gasteiger partial charge in [0.1, 0.15) is 0 Å². The molecule has 0 atom stereocenters. The number of hydrogen-bond donors (Lipinski definition) is 1. The van der Waals surface area contributed by atoms with E-state index >= 15 is 0 Å². The van der Waals surface area contributed by atoms with Crippen LogP contribution in [0.15, 0.2) is 0 Å². The van der Waals surface area contributed by atoms with Gasteiger partial charge in [-0.2, -0.15) is 0 Å². The van der Waals surface area contributed by atoms with Crippen molar-refractivity contribution in [1.29, 1.82) is 0 Å². The monoisotopic (exact) mass is 124 g/mol. The van der Waals surface area contributed by atoms with Crippen molar-refractivity contribution >= 4 is 0 Å². The smallest absolute Gasteiger partial charge is 0.0657 e. The van der Waals surface area contributed by atoms with Crippen LogP contribution < -0.4 is 0 Å². The van der Waals surface area contributed by atoms with E-state index in [-0.39, 0.29) is 5.60 Å². The van der Waals surface area contributed by atoms with E-state index in [1.807, 2.05) is 0 Å². The molecule has 1 heteroatoms. The number of aliphatic hydroxyl groups is 1. The van der Waals surface area contributed by atoms with Gasteiger partial charge in [-0.15, -0.1) is 12.3 Å². The van der Waals surface area contributed by atoms with Crippen molar-refractivity contribution in [3.8, 4) is 12.3 Å². The van der Waals surface area contributed by atoms with E-state index in [0.29, 0.717) is 0 Å². The maximum absolute atomic E-state index is 9.45. The second kappa shape index (κ2) is 2.41. The fraction of sp³-hybridized carbons (Fsp3) is 0.750. The highest BCUT2D eigenvalue weighted by Crippen LogP contribution is 2.35. The minimum Gasteiger partial charge on any atom is -0.390 e. The summed E-state index contributed by atoms with van der Waals surface area (Å²) in [6.45, 7) is 0. The Morgan fingerprint density at radius 3 is 2.56 bits per heavy atom. The first-order valence-corrected chi connectivity index (χ1v) is 3.43. The zero-order valence-electron chi connectivity index (χ0n) is 5.56. The summed E-state index contributed by atoms with van der Waals surface area (Å²) in [4.78, 5) is 0. The maximum atomic E-state index is 9.45. The Bertz CT molecular complexity index is 128. The predicted molar refractivity (Wildman–Crippen MR) is 36.9 cm³/mol. The summed E-state index contributed by atoms with van der Waals surface area (Å²) < 4.78 is 0. The lowest BCUT2D eigenvalue weighted by atomic mass is 9.77. The van der Waals surface area contributed by atoms with Gasteiger partial charge in [-0.3, -0.25) is 0 Å². The van der Waals surface area contributed by atoms with Crippen LogP contribution in [0.5, 0.6) is 0 Å². The van der Waals surface area contributed by atoms with Gasteiger partial charge in [-0.05, 0) is 25.7 Å². The summed E-state index contributed by atoms with van der Waals surface area (Å²) in [5.74, 6) is 2.53. The fourth-order valence-corrected chi connectivity index (χ4v) is 1.14. The molecular weight excluding hydrogens is 112 g/mol. The van der Waals surface area contributed by atoms with E-state index in [4.69, 9.17) is 6.42 Å². The van der Waals surface area contributed by atoms with Gasteiger partial charge < -0.3 is 5.11 Å². The van der Waals surface area contributed by atoms with Gasteiger partial charge in [0.15, 0.2) is 0 Å². The highest BCUT2D eigenvalue weighted by molar-refractivity contribution is 4.93. The van der Waals surface area contributed by atoms with Crippen molar-refractivity contribution < 1.29 is 5.11 Å². The largest absolute Gasteiger partial charge is 0.390 e. The lowest BCUT2D eigenvalue weighted by molar-refractivity contribution is -0.0388. The lowest BCUT2D eigenvalue weighted by Gasteiger charge is -2.36. The second-order valence-electron chi connectivity index (χ2n) is 2.78. The molecule has 0 aromatic heterocycles. The molecule has 9 heavy (non-hydrogen) atoms. The number of hydrogen-bond acceptors (Lipinski definition) is 1. The van der Waals surface area contributed by atoms with Crippen molar-refractivity contribution in [2.24, 2.45) is 0 Å². The minimum absolute atomic E-state index is 0.369. The third-order valence-electron chi connectivity index (χ3n) is 2.02. The van der Waals surface area contributed by atoms with Crippen LogP contribution in [0.3, 0.4) is 0 Å². The third-order valence-corrected chi connectivity index (χ3v) is 2.02.